The van der Waals surface area contributed by atoms with Gasteiger partial charge in [-0.05, 0) is 45.2 Å². The van der Waals surface area contributed by atoms with Gasteiger partial charge in [0.05, 0.1) is 6.54 Å². The summed E-state index contributed by atoms with van der Waals surface area (Å²) in [4.78, 5) is 22.6. The molecule has 1 N–H and O–H groups in total. The van der Waals surface area contributed by atoms with Crippen LogP contribution in [0.1, 0.15) is 45.4 Å². The third-order valence-electron chi connectivity index (χ3n) is 4.27. The van der Waals surface area contributed by atoms with Gasteiger partial charge in [0.25, 0.3) is 6.47 Å². The van der Waals surface area contributed by atoms with Gasteiger partial charge in [0, 0.05) is 29.7 Å². The first kappa shape index (κ1) is 19.8. The van der Waals surface area contributed by atoms with Crippen molar-refractivity contribution in [2.24, 2.45) is 0 Å². The van der Waals surface area contributed by atoms with Crippen LogP contribution >= 0.6 is 0 Å². The Balaban J connectivity index is 0.000000758. The van der Waals surface area contributed by atoms with E-state index in [0.29, 0.717) is 6.54 Å². The normalized spacial score (nSPS) is 13.6. The van der Waals surface area contributed by atoms with E-state index in [4.69, 9.17) is 14.6 Å². The fraction of sp³-hybridized carbons (Fsp3) is 0.500. The van der Waals surface area contributed by atoms with Gasteiger partial charge in [-0.1, -0.05) is 25.1 Å². The van der Waals surface area contributed by atoms with Crippen molar-refractivity contribution in [3.05, 3.63) is 35.5 Å². The molecule has 0 saturated heterocycles. The highest BCUT2D eigenvalue weighted by atomic mass is 16.6. The number of carboxylic acid groups (broad SMARTS) is 1. The molecule has 1 amide bonds. The summed E-state index contributed by atoms with van der Waals surface area (Å²) in [5.41, 5.74) is 3.50. The third kappa shape index (κ3) is 4.36. The van der Waals surface area contributed by atoms with Gasteiger partial charge in [0.15, 0.2) is 0 Å². The summed E-state index contributed by atoms with van der Waals surface area (Å²) >= 11 is 0. The molecule has 0 atom stereocenters. The van der Waals surface area contributed by atoms with E-state index in [1.54, 1.807) is 0 Å². The van der Waals surface area contributed by atoms with Crippen molar-refractivity contribution < 1.29 is 19.4 Å². The van der Waals surface area contributed by atoms with Crippen molar-refractivity contribution in [3.63, 3.8) is 0 Å². The second kappa shape index (κ2) is 8.25. The van der Waals surface area contributed by atoms with Crippen molar-refractivity contribution in [3.8, 4) is 0 Å². The highest BCUT2D eigenvalue weighted by Crippen LogP contribution is 2.31. The number of carbonyl (C=O) groups is 2. The first-order valence-electron chi connectivity index (χ1n) is 8.97. The van der Waals surface area contributed by atoms with Crippen LogP contribution in [0.5, 0.6) is 0 Å². The number of benzene rings is 1. The Morgan fingerprint density at radius 2 is 1.96 bits per heavy atom. The molecular formula is C20H28N2O4. The molecular weight excluding hydrogens is 332 g/mol. The van der Waals surface area contributed by atoms with Crippen LogP contribution in [-0.2, 0) is 29.0 Å². The average molecular weight is 360 g/mol. The zero-order valence-corrected chi connectivity index (χ0v) is 16.0. The molecule has 0 fully saturated rings. The number of aryl methyl sites for hydroxylation is 1. The highest BCUT2D eigenvalue weighted by Gasteiger charge is 2.29. The molecule has 0 saturated carbocycles. The molecule has 0 aliphatic carbocycles. The quantitative estimate of drug-likeness (QED) is 0.820. The lowest BCUT2D eigenvalue weighted by Gasteiger charge is -2.31. The predicted octanol–water partition coefficient (Wildman–Crippen LogP) is 4.05. The largest absolute Gasteiger partial charge is 0.483 e. The van der Waals surface area contributed by atoms with Crippen molar-refractivity contribution in [1.29, 1.82) is 0 Å². The lowest BCUT2D eigenvalue weighted by molar-refractivity contribution is -0.122. The first-order chi connectivity index (χ1) is 12.3. The molecule has 0 radical (unpaired) electrons. The van der Waals surface area contributed by atoms with Crippen LogP contribution in [0.3, 0.4) is 0 Å². The molecule has 2 aromatic rings. The Morgan fingerprint density at radius 3 is 2.58 bits per heavy atom. The molecule has 2 heterocycles. The minimum Gasteiger partial charge on any atom is -0.483 e. The smallest absolute Gasteiger partial charge is 0.410 e. The lowest BCUT2D eigenvalue weighted by atomic mass is 10.0. The van der Waals surface area contributed by atoms with Crippen molar-refractivity contribution in [2.45, 2.75) is 59.2 Å². The van der Waals surface area contributed by atoms with Crippen LogP contribution in [0.2, 0.25) is 0 Å². The van der Waals surface area contributed by atoms with Gasteiger partial charge in [-0.2, -0.15) is 0 Å². The summed E-state index contributed by atoms with van der Waals surface area (Å²) in [5, 5.41) is 8.22. The van der Waals surface area contributed by atoms with Gasteiger partial charge in [-0.15, -0.1) is 0 Å². The monoisotopic (exact) mass is 360 g/mol. The highest BCUT2D eigenvalue weighted by molar-refractivity contribution is 5.86. The van der Waals surface area contributed by atoms with E-state index in [-0.39, 0.29) is 12.6 Å². The van der Waals surface area contributed by atoms with Crippen molar-refractivity contribution in [2.75, 3.05) is 6.54 Å². The van der Waals surface area contributed by atoms with Crippen LogP contribution in [0.4, 0.5) is 4.79 Å². The van der Waals surface area contributed by atoms with Crippen LogP contribution in [-0.4, -0.2) is 39.3 Å². The summed E-state index contributed by atoms with van der Waals surface area (Å²) in [6.07, 6.45) is 1.76. The van der Waals surface area contributed by atoms with E-state index in [9.17, 15) is 4.79 Å². The minimum atomic E-state index is -0.451. The number of hydrogen-bond acceptors (Lipinski definition) is 3. The van der Waals surface area contributed by atoms with Crippen LogP contribution in [0.25, 0.3) is 10.9 Å². The van der Waals surface area contributed by atoms with E-state index in [1.807, 2.05) is 25.7 Å². The molecule has 142 valence electrons. The maximum atomic E-state index is 12.4. The first-order valence-corrected chi connectivity index (χ1v) is 8.97. The van der Waals surface area contributed by atoms with E-state index < -0.39 is 5.60 Å². The molecule has 1 aliphatic rings. The molecule has 0 spiro atoms. The number of hydrogen-bond donors (Lipinski definition) is 1. The van der Waals surface area contributed by atoms with Gasteiger partial charge in [-0.25, -0.2) is 4.79 Å². The Bertz CT molecular complexity index is 774. The number of ether oxygens (including phenoxy) is 1. The summed E-state index contributed by atoms with van der Waals surface area (Å²) in [6.45, 7) is 10.0. The zero-order chi connectivity index (χ0) is 19.3. The Labute approximate surface area is 154 Å². The summed E-state index contributed by atoms with van der Waals surface area (Å²) in [6, 6.07) is 8.56. The Hall–Kier alpha value is -2.50. The average Bonchev–Trinajstić information content (AvgIpc) is 2.88. The predicted molar refractivity (Wildman–Crippen MR) is 101 cm³/mol. The summed E-state index contributed by atoms with van der Waals surface area (Å²) in [5.74, 6) is 0. The fourth-order valence-electron chi connectivity index (χ4n) is 3.36. The Kier molecular flexibility index (Phi) is 6.29. The summed E-state index contributed by atoms with van der Waals surface area (Å²) in [7, 11) is 0. The van der Waals surface area contributed by atoms with Gasteiger partial charge in [0.1, 0.15) is 5.60 Å². The number of nitrogens with zero attached hydrogens (tertiary/aromatic N) is 2. The molecule has 1 aliphatic heterocycles. The molecule has 3 rings (SSSR count). The minimum absolute atomic E-state index is 0.212. The van der Waals surface area contributed by atoms with Crippen LogP contribution < -0.4 is 0 Å². The second-order valence-electron chi connectivity index (χ2n) is 7.35. The number of rotatable bonds is 2. The van der Waals surface area contributed by atoms with Gasteiger partial charge in [0.2, 0.25) is 0 Å². The number of para-hydroxylation sites is 1. The van der Waals surface area contributed by atoms with Crippen molar-refractivity contribution in [1.82, 2.24) is 9.47 Å². The number of carbonyl (C=O) groups excluding carboxylic acids is 1. The molecule has 0 unspecified atom stereocenters. The van der Waals surface area contributed by atoms with E-state index in [1.165, 1.54) is 22.2 Å². The zero-order valence-electron chi connectivity index (χ0n) is 16.0. The van der Waals surface area contributed by atoms with Gasteiger partial charge >= 0.3 is 6.09 Å². The SMILES string of the molecule is CCCn1c2c(c3ccccc31)CCN(C(=O)OC(C)(C)C)C2.O=CO. The topological polar surface area (TPSA) is 71.8 Å². The molecule has 6 nitrogen and oxygen atoms in total. The molecule has 26 heavy (non-hydrogen) atoms. The molecule has 6 heteroatoms. The van der Waals surface area contributed by atoms with Crippen molar-refractivity contribution >= 4 is 23.5 Å². The number of amides is 1. The molecule has 1 aromatic heterocycles. The maximum absolute atomic E-state index is 12.4. The number of aromatic nitrogens is 1. The van der Waals surface area contributed by atoms with Gasteiger partial charge in [-0.3, -0.25) is 4.79 Å². The van der Waals surface area contributed by atoms with E-state index >= 15 is 0 Å². The van der Waals surface area contributed by atoms with Gasteiger partial charge < -0.3 is 19.3 Å². The molecule has 1 aromatic carbocycles. The second-order valence-corrected chi connectivity index (χ2v) is 7.35. The standard InChI is InChI=1S/C19H26N2O2.CH2O2/c1-5-11-21-16-9-7-6-8-14(16)15-10-12-20(13-17(15)21)18(22)23-19(2,3)4;2-1-3/h6-9H,5,10-13H2,1-4H3;1H,(H,2,3). The lowest BCUT2D eigenvalue weighted by Crippen LogP contribution is -2.40. The van der Waals surface area contributed by atoms with Crippen LogP contribution in [0, 0.1) is 0 Å². The Morgan fingerprint density at radius 1 is 1.31 bits per heavy atom. The van der Waals surface area contributed by atoms with E-state index in [0.717, 1.165) is 25.9 Å². The number of fused-ring (bicyclic) bond motifs is 3. The molecule has 0 bridgehead atoms. The summed E-state index contributed by atoms with van der Waals surface area (Å²) < 4.78 is 7.92. The maximum Gasteiger partial charge on any atom is 0.410 e. The van der Waals surface area contributed by atoms with Crippen LogP contribution in [0.15, 0.2) is 24.3 Å². The van der Waals surface area contributed by atoms with E-state index in [2.05, 4.69) is 35.8 Å². The fourth-order valence-corrected chi connectivity index (χ4v) is 3.36. The third-order valence-corrected chi connectivity index (χ3v) is 4.27.